The fourth-order valence-electron chi connectivity index (χ4n) is 2.33. The first-order valence-electron chi connectivity index (χ1n) is 6.42. The third-order valence-corrected chi connectivity index (χ3v) is 3.29. The number of hydrogen-bond donors (Lipinski definition) is 2. The number of aromatic nitrogens is 3. The Morgan fingerprint density at radius 1 is 1.22 bits per heavy atom. The van der Waals surface area contributed by atoms with Crippen molar-refractivity contribution in [2.75, 3.05) is 42.3 Å². The number of nitrogens with two attached hydrogens (primary N) is 1. The van der Waals surface area contributed by atoms with E-state index in [9.17, 15) is 0 Å². The van der Waals surface area contributed by atoms with Crippen LogP contribution < -0.4 is 16.0 Å². The molecule has 3 heterocycles. The molecule has 7 heteroatoms. The third-order valence-electron chi connectivity index (χ3n) is 3.29. The van der Waals surface area contributed by atoms with Crippen molar-refractivity contribution in [1.82, 2.24) is 15.0 Å². The third kappa shape index (κ3) is 2.45. The molecular formula is C11H18N6O. The van der Waals surface area contributed by atoms with Crippen molar-refractivity contribution in [3.8, 4) is 0 Å². The van der Waals surface area contributed by atoms with Gasteiger partial charge >= 0.3 is 0 Å². The average molecular weight is 250 g/mol. The minimum Gasteiger partial charge on any atom is -0.379 e. The van der Waals surface area contributed by atoms with Crippen molar-refractivity contribution in [1.29, 1.82) is 0 Å². The summed E-state index contributed by atoms with van der Waals surface area (Å²) < 4.78 is 5.31. The summed E-state index contributed by atoms with van der Waals surface area (Å²) in [5.74, 6) is 1.51. The highest BCUT2D eigenvalue weighted by Gasteiger charge is 2.19. The second kappa shape index (κ2) is 4.93. The molecule has 0 radical (unpaired) electrons. The summed E-state index contributed by atoms with van der Waals surface area (Å²) in [6, 6.07) is 0.276. The van der Waals surface area contributed by atoms with Gasteiger partial charge in [-0.2, -0.15) is 15.0 Å². The lowest BCUT2D eigenvalue weighted by Crippen LogP contribution is -2.25. The number of nitrogen functional groups attached to an aromatic ring is 1. The van der Waals surface area contributed by atoms with E-state index in [1.807, 2.05) is 0 Å². The maximum Gasteiger partial charge on any atom is 0.231 e. The summed E-state index contributed by atoms with van der Waals surface area (Å²) in [7, 11) is 0. The van der Waals surface area contributed by atoms with Crippen LogP contribution >= 0.6 is 0 Å². The van der Waals surface area contributed by atoms with E-state index >= 15 is 0 Å². The van der Waals surface area contributed by atoms with Crippen LogP contribution in [0, 0.1) is 0 Å². The quantitative estimate of drug-likeness (QED) is 0.795. The molecule has 1 atom stereocenters. The second-order valence-corrected chi connectivity index (χ2v) is 4.72. The molecule has 0 saturated carbocycles. The van der Waals surface area contributed by atoms with Gasteiger partial charge in [0.25, 0.3) is 0 Å². The molecule has 0 spiro atoms. The van der Waals surface area contributed by atoms with Crippen molar-refractivity contribution in [3.63, 3.8) is 0 Å². The number of hydrogen-bond acceptors (Lipinski definition) is 7. The molecule has 1 unspecified atom stereocenters. The molecule has 2 saturated heterocycles. The first-order valence-corrected chi connectivity index (χ1v) is 6.42. The lowest BCUT2D eigenvalue weighted by Gasteiger charge is -2.17. The number of anilines is 3. The molecule has 2 aliphatic rings. The van der Waals surface area contributed by atoms with Gasteiger partial charge in [-0.3, -0.25) is 0 Å². The topological polar surface area (TPSA) is 89.2 Å². The summed E-state index contributed by atoms with van der Waals surface area (Å²) in [5, 5.41) is 3.25. The average Bonchev–Trinajstić information content (AvgIpc) is 3.00. The van der Waals surface area contributed by atoms with Gasteiger partial charge in [0.1, 0.15) is 0 Å². The highest BCUT2D eigenvalue weighted by atomic mass is 16.5. The van der Waals surface area contributed by atoms with Gasteiger partial charge in [-0.05, 0) is 19.3 Å². The number of rotatable bonds is 3. The molecule has 98 valence electrons. The Morgan fingerprint density at radius 3 is 2.78 bits per heavy atom. The van der Waals surface area contributed by atoms with E-state index in [2.05, 4.69) is 25.2 Å². The highest BCUT2D eigenvalue weighted by Crippen LogP contribution is 2.18. The predicted octanol–water partition coefficient (Wildman–Crippen LogP) is 0.255. The minimum atomic E-state index is 0.272. The van der Waals surface area contributed by atoms with Crippen LogP contribution in [0.5, 0.6) is 0 Å². The Hall–Kier alpha value is -1.63. The molecule has 0 amide bonds. The first-order chi connectivity index (χ1) is 8.81. The molecule has 7 nitrogen and oxygen atoms in total. The van der Waals surface area contributed by atoms with Gasteiger partial charge in [0.2, 0.25) is 17.8 Å². The van der Waals surface area contributed by atoms with Crippen LogP contribution in [0.25, 0.3) is 0 Å². The summed E-state index contributed by atoms with van der Waals surface area (Å²) in [5.41, 5.74) is 5.74. The maximum absolute atomic E-state index is 5.74. The van der Waals surface area contributed by atoms with Crippen LogP contribution in [0.2, 0.25) is 0 Å². The zero-order chi connectivity index (χ0) is 12.4. The van der Waals surface area contributed by atoms with Crippen molar-refractivity contribution in [2.24, 2.45) is 0 Å². The van der Waals surface area contributed by atoms with Crippen molar-refractivity contribution in [3.05, 3.63) is 0 Å². The second-order valence-electron chi connectivity index (χ2n) is 4.72. The maximum atomic E-state index is 5.74. The Morgan fingerprint density at radius 2 is 2.06 bits per heavy atom. The SMILES string of the molecule is Nc1nc(NC2CCOC2)nc(N2CCCC2)n1. The van der Waals surface area contributed by atoms with Gasteiger partial charge in [-0.15, -0.1) is 0 Å². The van der Waals surface area contributed by atoms with E-state index in [1.54, 1.807) is 0 Å². The van der Waals surface area contributed by atoms with Crippen molar-refractivity contribution in [2.45, 2.75) is 25.3 Å². The zero-order valence-electron chi connectivity index (χ0n) is 10.3. The van der Waals surface area contributed by atoms with Crippen LogP contribution in [-0.4, -0.2) is 47.3 Å². The normalized spacial score (nSPS) is 23.6. The van der Waals surface area contributed by atoms with E-state index in [0.717, 1.165) is 26.1 Å². The first kappa shape index (κ1) is 11.5. The van der Waals surface area contributed by atoms with Crippen molar-refractivity contribution >= 4 is 17.8 Å². The monoisotopic (exact) mass is 250 g/mol. The molecule has 1 aromatic rings. The molecule has 2 fully saturated rings. The molecule has 1 aromatic heterocycles. The summed E-state index contributed by atoms with van der Waals surface area (Å²) in [6.07, 6.45) is 3.35. The molecule has 18 heavy (non-hydrogen) atoms. The smallest absolute Gasteiger partial charge is 0.231 e. The number of ether oxygens (including phenoxy) is 1. The largest absolute Gasteiger partial charge is 0.379 e. The fraction of sp³-hybridized carbons (Fsp3) is 0.727. The molecule has 3 N–H and O–H groups in total. The Bertz CT molecular complexity index is 414. The lowest BCUT2D eigenvalue weighted by molar-refractivity contribution is 0.195. The molecule has 3 rings (SSSR count). The van der Waals surface area contributed by atoms with E-state index < -0.39 is 0 Å². The number of nitrogens with one attached hydrogen (secondary N) is 1. The molecule has 0 aromatic carbocycles. The fourth-order valence-corrected chi connectivity index (χ4v) is 2.33. The molecule has 0 aliphatic carbocycles. The van der Waals surface area contributed by atoms with Gasteiger partial charge in [0, 0.05) is 19.7 Å². The molecular weight excluding hydrogens is 232 g/mol. The number of nitrogens with zero attached hydrogens (tertiary/aromatic N) is 4. The minimum absolute atomic E-state index is 0.272. The summed E-state index contributed by atoms with van der Waals surface area (Å²) in [6.45, 7) is 3.48. The van der Waals surface area contributed by atoms with E-state index in [-0.39, 0.29) is 12.0 Å². The Balaban J connectivity index is 1.76. The summed E-state index contributed by atoms with van der Waals surface area (Å²) >= 11 is 0. The van der Waals surface area contributed by atoms with Gasteiger partial charge in [0.15, 0.2) is 0 Å². The standard InChI is InChI=1S/C11H18N6O/c12-9-14-10(13-8-3-6-18-7-8)16-11(15-9)17-4-1-2-5-17/h8H,1-7H2,(H3,12,13,14,15,16). The Labute approximate surface area is 106 Å². The van der Waals surface area contributed by atoms with Gasteiger partial charge in [-0.25, -0.2) is 0 Å². The van der Waals surface area contributed by atoms with E-state index in [0.29, 0.717) is 18.5 Å². The van der Waals surface area contributed by atoms with Crippen LogP contribution in [0.3, 0.4) is 0 Å². The highest BCUT2D eigenvalue weighted by molar-refractivity contribution is 5.42. The predicted molar refractivity (Wildman–Crippen MR) is 68.5 cm³/mol. The lowest BCUT2D eigenvalue weighted by atomic mass is 10.3. The van der Waals surface area contributed by atoms with Gasteiger partial charge < -0.3 is 20.7 Å². The molecule has 0 bridgehead atoms. The molecule has 2 aliphatic heterocycles. The van der Waals surface area contributed by atoms with Crippen molar-refractivity contribution < 1.29 is 4.74 Å². The Kier molecular flexibility index (Phi) is 3.14. The van der Waals surface area contributed by atoms with Crippen LogP contribution in [0.1, 0.15) is 19.3 Å². The van der Waals surface area contributed by atoms with Crippen LogP contribution in [-0.2, 0) is 4.74 Å². The van der Waals surface area contributed by atoms with E-state index in [1.165, 1.54) is 12.8 Å². The van der Waals surface area contributed by atoms with Gasteiger partial charge in [0.05, 0.1) is 12.6 Å². The van der Waals surface area contributed by atoms with E-state index in [4.69, 9.17) is 10.5 Å². The zero-order valence-corrected chi connectivity index (χ0v) is 10.3. The summed E-state index contributed by atoms with van der Waals surface area (Å²) in [4.78, 5) is 14.9. The van der Waals surface area contributed by atoms with Gasteiger partial charge in [-0.1, -0.05) is 0 Å². The van der Waals surface area contributed by atoms with Crippen LogP contribution in [0.15, 0.2) is 0 Å². The van der Waals surface area contributed by atoms with Crippen LogP contribution in [0.4, 0.5) is 17.8 Å².